The number of hydrogen-bond donors (Lipinski definition) is 1. The maximum Gasteiger partial charge on any atom is 0.281 e. The number of rotatable bonds is 3. The minimum Gasteiger partial charge on any atom is -0.504 e. The van der Waals surface area contributed by atoms with Gasteiger partial charge in [-0.3, -0.25) is 9.69 Å². The van der Waals surface area contributed by atoms with Gasteiger partial charge in [0.2, 0.25) is 0 Å². The third kappa shape index (κ3) is 3.12. The lowest BCUT2D eigenvalue weighted by Gasteiger charge is -2.16. The van der Waals surface area contributed by atoms with Gasteiger partial charge in [-0.2, -0.15) is 0 Å². The molecule has 2 aromatic rings. The number of carbonyl (C=O) groups excluding carboxylic acids is 1. The second-order valence-electron chi connectivity index (χ2n) is 5.39. The Morgan fingerprint density at radius 2 is 1.92 bits per heavy atom. The summed E-state index contributed by atoms with van der Waals surface area (Å²) in [5.74, 6) is 0.132. The third-order valence-corrected chi connectivity index (χ3v) is 5.01. The molecule has 0 aliphatic carbocycles. The molecule has 0 unspecified atom stereocenters. The quantitative estimate of drug-likeness (QED) is 0.607. The zero-order valence-corrected chi connectivity index (χ0v) is 16.0. The molecule has 1 N–H and O–H groups in total. The largest absolute Gasteiger partial charge is 0.504 e. The molecule has 25 heavy (non-hydrogen) atoms. The second-order valence-corrected chi connectivity index (χ2v) is 6.61. The number of halogens is 1. The molecular formula is C18H15BrN2O3S. The van der Waals surface area contributed by atoms with Gasteiger partial charge in [-0.05, 0) is 48.1 Å². The van der Waals surface area contributed by atoms with Gasteiger partial charge in [-0.15, -0.1) is 0 Å². The summed E-state index contributed by atoms with van der Waals surface area (Å²) in [7, 11) is 3.22. The van der Waals surface area contributed by atoms with Gasteiger partial charge in [-0.1, -0.05) is 34.1 Å². The first kappa shape index (κ1) is 17.4. The number of thiocarbonyl (C=S) groups is 1. The highest BCUT2D eigenvalue weighted by Crippen LogP contribution is 2.35. The molecule has 0 spiro atoms. The van der Waals surface area contributed by atoms with Crippen LogP contribution in [0.5, 0.6) is 11.5 Å². The van der Waals surface area contributed by atoms with Crippen LogP contribution in [0.2, 0.25) is 0 Å². The SMILES string of the molecule is COc1cc(/C=C2/C(=O)N(c3ccccc3)C(=S)N2C)c(Br)cc1O. The minimum atomic E-state index is -0.211. The van der Waals surface area contributed by atoms with Crippen molar-refractivity contribution in [3.63, 3.8) is 0 Å². The minimum absolute atomic E-state index is 0.0176. The number of carbonyl (C=O) groups is 1. The van der Waals surface area contributed by atoms with Crippen molar-refractivity contribution in [1.82, 2.24) is 4.90 Å². The fraction of sp³-hybridized carbons (Fsp3) is 0.111. The predicted molar refractivity (Wildman–Crippen MR) is 105 cm³/mol. The lowest BCUT2D eigenvalue weighted by molar-refractivity contribution is -0.114. The fourth-order valence-electron chi connectivity index (χ4n) is 2.54. The summed E-state index contributed by atoms with van der Waals surface area (Å²) in [4.78, 5) is 16.1. The lowest BCUT2D eigenvalue weighted by atomic mass is 10.1. The van der Waals surface area contributed by atoms with Crippen molar-refractivity contribution in [2.75, 3.05) is 19.1 Å². The number of methoxy groups -OCH3 is 1. The summed E-state index contributed by atoms with van der Waals surface area (Å²) in [5.41, 5.74) is 1.85. The number of likely N-dealkylation sites (N-methyl/N-ethyl adjacent to an activating group) is 1. The van der Waals surface area contributed by atoms with Crippen molar-refractivity contribution in [3.05, 3.63) is 58.2 Å². The Morgan fingerprint density at radius 1 is 1.24 bits per heavy atom. The van der Waals surface area contributed by atoms with Crippen LogP contribution in [0.4, 0.5) is 5.69 Å². The molecule has 0 atom stereocenters. The van der Waals surface area contributed by atoms with E-state index in [0.29, 0.717) is 26.6 Å². The van der Waals surface area contributed by atoms with E-state index in [0.717, 1.165) is 5.69 Å². The number of anilines is 1. The van der Waals surface area contributed by atoms with E-state index in [2.05, 4.69) is 15.9 Å². The third-order valence-electron chi connectivity index (χ3n) is 3.87. The van der Waals surface area contributed by atoms with Crippen LogP contribution in [0.25, 0.3) is 6.08 Å². The first-order valence-electron chi connectivity index (χ1n) is 7.39. The molecule has 1 saturated heterocycles. The summed E-state index contributed by atoms with van der Waals surface area (Å²) in [5, 5.41) is 10.2. The molecule has 0 bridgehead atoms. The summed E-state index contributed by atoms with van der Waals surface area (Å²) in [6, 6.07) is 12.4. The van der Waals surface area contributed by atoms with Gasteiger partial charge in [-0.25, -0.2) is 0 Å². The van der Waals surface area contributed by atoms with Crippen molar-refractivity contribution in [1.29, 1.82) is 0 Å². The average molecular weight is 419 g/mol. The lowest BCUT2D eigenvalue weighted by Crippen LogP contribution is -2.30. The van der Waals surface area contributed by atoms with E-state index in [1.165, 1.54) is 18.1 Å². The van der Waals surface area contributed by atoms with E-state index in [-0.39, 0.29) is 11.7 Å². The molecule has 1 amide bonds. The van der Waals surface area contributed by atoms with Crippen LogP contribution >= 0.6 is 28.1 Å². The highest BCUT2D eigenvalue weighted by molar-refractivity contribution is 9.10. The molecular weight excluding hydrogens is 404 g/mol. The van der Waals surface area contributed by atoms with Crippen LogP contribution in [-0.2, 0) is 4.79 Å². The molecule has 3 rings (SSSR count). The van der Waals surface area contributed by atoms with Crippen molar-refractivity contribution in [3.8, 4) is 11.5 Å². The molecule has 1 heterocycles. The first-order valence-corrected chi connectivity index (χ1v) is 8.59. The average Bonchev–Trinajstić information content (AvgIpc) is 2.81. The first-order chi connectivity index (χ1) is 11.9. The summed E-state index contributed by atoms with van der Waals surface area (Å²) in [6.45, 7) is 0. The molecule has 0 radical (unpaired) electrons. The van der Waals surface area contributed by atoms with Crippen molar-refractivity contribution in [2.24, 2.45) is 0 Å². The number of hydrogen-bond acceptors (Lipinski definition) is 4. The standard InChI is InChI=1S/C18H15BrN2O3S/c1-20-14(8-11-9-16(24-2)15(22)10-13(11)19)17(23)21(18(20)25)12-6-4-3-5-7-12/h3-10,22H,1-2H3/b14-8-. The Labute approximate surface area is 159 Å². The second kappa shape index (κ2) is 6.85. The molecule has 2 aromatic carbocycles. The molecule has 1 aliphatic rings. The summed E-state index contributed by atoms with van der Waals surface area (Å²) < 4.78 is 5.78. The smallest absolute Gasteiger partial charge is 0.281 e. The predicted octanol–water partition coefficient (Wildman–Crippen LogP) is 3.77. The number of phenolic OH excluding ortho intramolecular Hbond substituents is 1. The van der Waals surface area contributed by atoms with Crippen molar-refractivity contribution >= 4 is 50.9 Å². The van der Waals surface area contributed by atoms with Crippen molar-refractivity contribution < 1.29 is 14.6 Å². The maximum atomic E-state index is 12.9. The topological polar surface area (TPSA) is 53.0 Å². The Hall–Kier alpha value is -2.38. The molecule has 128 valence electrons. The number of benzene rings is 2. The Morgan fingerprint density at radius 3 is 2.56 bits per heavy atom. The van der Waals surface area contributed by atoms with E-state index in [9.17, 15) is 9.90 Å². The van der Waals surface area contributed by atoms with Gasteiger partial charge in [0.15, 0.2) is 16.6 Å². The van der Waals surface area contributed by atoms with Crippen molar-refractivity contribution in [2.45, 2.75) is 0 Å². The van der Waals surface area contributed by atoms with E-state index < -0.39 is 0 Å². The van der Waals surface area contributed by atoms with Crippen LogP contribution in [0.1, 0.15) is 5.56 Å². The number of phenols is 1. The van der Waals surface area contributed by atoms with E-state index in [1.54, 1.807) is 24.1 Å². The van der Waals surface area contributed by atoms with Crippen LogP contribution in [0.15, 0.2) is 52.6 Å². The number of para-hydroxylation sites is 1. The molecule has 1 aliphatic heterocycles. The molecule has 5 nitrogen and oxygen atoms in total. The Kier molecular flexibility index (Phi) is 4.78. The zero-order chi connectivity index (χ0) is 18.1. The van der Waals surface area contributed by atoms with Gasteiger partial charge in [0, 0.05) is 11.5 Å². The number of amides is 1. The van der Waals surface area contributed by atoms with Gasteiger partial charge in [0.1, 0.15) is 5.70 Å². The number of ether oxygens (including phenoxy) is 1. The molecule has 1 fully saturated rings. The van der Waals surface area contributed by atoms with Gasteiger partial charge in [0.25, 0.3) is 5.91 Å². The zero-order valence-electron chi connectivity index (χ0n) is 13.6. The highest BCUT2D eigenvalue weighted by atomic mass is 79.9. The monoisotopic (exact) mass is 418 g/mol. The molecule has 0 saturated carbocycles. The number of nitrogens with zero attached hydrogens (tertiary/aromatic N) is 2. The summed E-state index contributed by atoms with van der Waals surface area (Å²) in [6.07, 6.45) is 1.71. The van der Waals surface area contributed by atoms with E-state index in [1.807, 2.05) is 30.3 Å². The van der Waals surface area contributed by atoms with Gasteiger partial charge in [0.05, 0.1) is 12.8 Å². The molecule has 7 heteroatoms. The maximum absolute atomic E-state index is 12.9. The van der Waals surface area contributed by atoms with Gasteiger partial charge < -0.3 is 14.7 Å². The Bertz CT molecular complexity index is 883. The Balaban J connectivity index is 2.05. The summed E-state index contributed by atoms with van der Waals surface area (Å²) >= 11 is 8.83. The highest BCUT2D eigenvalue weighted by Gasteiger charge is 2.36. The van der Waals surface area contributed by atoms with Crippen LogP contribution < -0.4 is 9.64 Å². The van der Waals surface area contributed by atoms with Crippen LogP contribution in [0, 0.1) is 0 Å². The number of aromatic hydroxyl groups is 1. The molecule has 0 aromatic heterocycles. The van der Waals surface area contributed by atoms with E-state index >= 15 is 0 Å². The fourth-order valence-corrected chi connectivity index (χ4v) is 3.27. The van der Waals surface area contributed by atoms with Crippen LogP contribution in [0.3, 0.4) is 0 Å². The van der Waals surface area contributed by atoms with Crippen LogP contribution in [-0.4, -0.2) is 35.2 Å². The normalized spacial score (nSPS) is 16.0. The van der Waals surface area contributed by atoms with E-state index in [4.69, 9.17) is 17.0 Å². The van der Waals surface area contributed by atoms with Gasteiger partial charge >= 0.3 is 0 Å².